The highest BCUT2D eigenvalue weighted by molar-refractivity contribution is 5.21. The molecule has 0 heteroatoms. The molecule has 0 aromatic heterocycles. The zero-order valence-corrected chi connectivity index (χ0v) is 7.81. The Morgan fingerprint density at radius 1 is 0.917 bits per heavy atom. The summed E-state index contributed by atoms with van der Waals surface area (Å²) < 4.78 is 0. The van der Waals surface area contributed by atoms with Gasteiger partial charge >= 0.3 is 0 Å². The molecule has 0 saturated heterocycles. The molecule has 4 atom stereocenters. The van der Waals surface area contributed by atoms with Gasteiger partial charge in [0.15, 0.2) is 0 Å². The fraction of sp³-hybridized carbons (Fsp3) is 1.00. The maximum absolute atomic E-state index is 1.65. The van der Waals surface area contributed by atoms with Gasteiger partial charge < -0.3 is 0 Å². The Kier molecular flexibility index (Phi) is 0.875. The van der Waals surface area contributed by atoms with E-state index in [2.05, 4.69) is 0 Å². The molecule has 0 N–H and O–H groups in total. The van der Waals surface area contributed by atoms with Crippen molar-refractivity contribution in [2.45, 2.75) is 51.4 Å². The average Bonchev–Trinajstić information content (AvgIpc) is 2.70. The van der Waals surface area contributed by atoms with Crippen LogP contribution in [0.5, 0.6) is 0 Å². The van der Waals surface area contributed by atoms with Gasteiger partial charge in [0.25, 0.3) is 0 Å². The van der Waals surface area contributed by atoms with Crippen LogP contribution < -0.4 is 0 Å². The summed E-state index contributed by atoms with van der Waals surface area (Å²) in [6.45, 7) is 0. The maximum Gasteiger partial charge on any atom is -0.0210 e. The highest BCUT2D eigenvalue weighted by Crippen LogP contribution is 2.81. The van der Waals surface area contributed by atoms with E-state index in [0.717, 1.165) is 10.8 Å². The van der Waals surface area contributed by atoms with Gasteiger partial charge in [-0.05, 0) is 67.6 Å². The number of rotatable bonds is 0. The van der Waals surface area contributed by atoms with Crippen LogP contribution in [0.2, 0.25) is 0 Å². The lowest BCUT2D eigenvalue weighted by Crippen LogP contribution is -2.49. The van der Waals surface area contributed by atoms with E-state index < -0.39 is 0 Å². The predicted molar refractivity (Wildman–Crippen MR) is 48.8 cm³/mol. The Morgan fingerprint density at radius 2 is 1.92 bits per heavy atom. The molecule has 4 rings (SSSR count). The summed E-state index contributed by atoms with van der Waals surface area (Å²) >= 11 is 0. The van der Waals surface area contributed by atoms with Gasteiger partial charge in [-0.15, -0.1) is 0 Å². The molecule has 0 heterocycles. The second-order valence-electron chi connectivity index (χ2n) is 5.94. The smallest absolute Gasteiger partial charge is 0.0210 e. The molecule has 4 aliphatic rings. The van der Waals surface area contributed by atoms with E-state index in [9.17, 15) is 0 Å². The molecular weight excluding hydrogens is 144 g/mol. The summed E-state index contributed by atoms with van der Waals surface area (Å²) in [7, 11) is 0. The minimum Gasteiger partial charge on any atom is -0.0525 e. The zero-order chi connectivity index (χ0) is 7.81. The summed E-state index contributed by atoms with van der Waals surface area (Å²) in [6.07, 6.45) is 12.9. The second-order valence-corrected chi connectivity index (χ2v) is 5.94. The highest BCUT2D eigenvalue weighted by atomic mass is 14.8. The minimum atomic E-state index is 0.929. The third-order valence-corrected chi connectivity index (χ3v) is 6.17. The molecule has 0 radical (unpaired) electrons. The SMILES string of the molecule is C1CC2C3CCC4(CCC24C1)C3. The largest absolute Gasteiger partial charge is 0.0525 e. The van der Waals surface area contributed by atoms with E-state index in [0.29, 0.717) is 0 Å². The topological polar surface area (TPSA) is 0 Å². The van der Waals surface area contributed by atoms with Crippen molar-refractivity contribution in [1.29, 1.82) is 0 Å². The molecular formula is C12H18. The molecule has 4 unspecified atom stereocenters. The van der Waals surface area contributed by atoms with Crippen LogP contribution in [0.25, 0.3) is 0 Å². The summed E-state index contributed by atoms with van der Waals surface area (Å²) in [5.41, 5.74) is 1.87. The fourth-order valence-corrected chi connectivity index (χ4v) is 5.74. The Bertz CT molecular complexity index is 244. The predicted octanol–water partition coefficient (Wildman–Crippen LogP) is 3.37. The van der Waals surface area contributed by atoms with Crippen LogP contribution in [-0.4, -0.2) is 0 Å². The number of fused-ring (bicyclic) bond motifs is 2. The monoisotopic (exact) mass is 162 g/mol. The van der Waals surface area contributed by atoms with Crippen LogP contribution in [-0.2, 0) is 0 Å². The molecule has 12 heavy (non-hydrogen) atoms. The normalized spacial score (nSPS) is 66.0. The molecule has 2 bridgehead atoms. The third-order valence-electron chi connectivity index (χ3n) is 6.17. The second kappa shape index (κ2) is 1.63. The van der Waals surface area contributed by atoms with Crippen molar-refractivity contribution in [1.82, 2.24) is 0 Å². The first-order chi connectivity index (χ1) is 5.86. The van der Waals surface area contributed by atoms with E-state index in [4.69, 9.17) is 0 Å². The molecule has 0 amide bonds. The number of hydrogen-bond acceptors (Lipinski definition) is 0. The molecule has 0 aliphatic heterocycles. The van der Waals surface area contributed by atoms with Crippen molar-refractivity contribution >= 4 is 0 Å². The quantitative estimate of drug-likeness (QED) is 0.512. The van der Waals surface area contributed by atoms with Crippen LogP contribution in [0.3, 0.4) is 0 Å². The van der Waals surface area contributed by atoms with Gasteiger partial charge in [-0.1, -0.05) is 6.42 Å². The zero-order valence-electron chi connectivity index (χ0n) is 7.81. The van der Waals surface area contributed by atoms with Gasteiger partial charge in [-0.3, -0.25) is 0 Å². The maximum atomic E-state index is 1.65. The van der Waals surface area contributed by atoms with Crippen molar-refractivity contribution in [2.24, 2.45) is 22.7 Å². The first kappa shape index (κ1) is 6.45. The van der Waals surface area contributed by atoms with Gasteiger partial charge in [0.2, 0.25) is 0 Å². The molecule has 4 aliphatic carbocycles. The lowest BCUT2D eigenvalue weighted by atomic mass is 9.47. The van der Waals surface area contributed by atoms with Crippen LogP contribution >= 0.6 is 0 Å². The van der Waals surface area contributed by atoms with E-state index >= 15 is 0 Å². The van der Waals surface area contributed by atoms with Crippen LogP contribution in [0.15, 0.2) is 0 Å². The lowest BCUT2D eigenvalue weighted by Gasteiger charge is -2.57. The van der Waals surface area contributed by atoms with Gasteiger partial charge in [-0.2, -0.15) is 0 Å². The van der Waals surface area contributed by atoms with Crippen molar-refractivity contribution in [2.75, 3.05) is 0 Å². The molecule has 2 spiro atoms. The minimum absolute atomic E-state index is 0.929. The standard InChI is InChI=1S/C12H18/c1-2-10-9-3-5-11(8-9)6-7-12(10,11)4-1/h9-10H,1-8H2. The van der Waals surface area contributed by atoms with E-state index in [1.165, 1.54) is 11.8 Å². The van der Waals surface area contributed by atoms with E-state index in [-0.39, 0.29) is 0 Å². The van der Waals surface area contributed by atoms with Crippen LogP contribution in [0.4, 0.5) is 0 Å². The molecule has 66 valence electrons. The Morgan fingerprint density at radius 3 is 2.67 bits per heavy atom. The van der Waals surface area contributed by atoms with Gasteiger partial charge in [0.1, 0.15) is 0 Å². The number of hydrogen-bond donors (Lipinski definition) is 0. The molecule has 4 fully saturated rings. The van der Waals surface area contributed by atoms with E-state index in [1.807, 2.05) is 0 Å². The Balaban J connectivity index is 1.89. The van der Waals surface area contributed by atoms with Crippen molar-refractivity contribution in [3.8, 4) is 0 Å². The summed E-state index contributed by atoms with van der Waals surface area (Å²) in [5.74, 6) is 2.40. The Hall–Kier alpha value is 0. The van der Waals surface area contributed by atoms with E-state index in [1.54, 1.807) is 51.4 Å². The first-order valence-electron chi connectivity index (χ1n) is 5.86. The van der Waals surface area contributed by atoms with Crippen molar-refractivity contribution < 1.29 is 0 Å². The molecule has 0 nitrogen and oxygen atoms in total. The van der Waals surface area contributed by atoms with Gasteiger partial charge in [0.05, 0.1) is 0 Å². The van der Waals surface area contributed by atoms with Gasteiger partial charge in [0, 0.05) is 0 Å². The first-order valence-corrected chi connectivity index (χ1v) is 5.86. The summed E-state index contributed by atoms with van der Waals surface area (Å²) in [6, 6.07) is 0. The average molecular weight is 162 g/mol. The van der Waals surface area contributed by atoms with Gasteiger partial charge in [-0.25, -0.2) is 0 Å². The van der Waals surface area contributed by atoms with Crippen LogP contribution in [0, 0.1) is 22.7 Å². The molecule has 0 aromatic carbocycles. The summed E-state index contributed by atoms with van der Waals surface area (Å²) in [4.78, 5) is 0. The molecule has 0 aromatic rings. The highest BCUT2D eigenvalue weighted by Gasteiger charge is 2.72. The fourth-order valence-electron chi connectivity index (χ4n) is 5.74. The van der Waals surface area contributed by atoms with Crippen molar-refractivity contribution in [3.63, 3.8) is 0 Å². The third kappa shape index (κ3) is 0.418. The Labute approximate surface area is 74.7 Å². The van der Waals surface area contributed by atoms with Crippen LogP contribution in [0.1, 0.15) is 51.4 Å². The van der Waals surface area contributed by atoms with Crippen molar-refractivity contribution in [3.05, 3.63) is 0 Å². The molecule has 4 saturated carbocycles. The summed E-state index contributed by atoms with van der Waals surface area (Å²) in [5, 5.41) is 0. The lowest BCUT2D eigenvalue weighted by molar-refractivity contribution is -0.0828.